The number of nitrogens with zero attached hydrogens (tertiary/aromatic N) is 1. The van der Waals surface area contributed by atoms with Crippen LogP contribution in [-0.2, 0) is 28.8 Å². The molecule has 26 heavy (non-hydrogen) atoms. The second kappa shape index (κ2) is 6.26. The van der Waals surface area contributed by atoms with Crippen LogP contribution in [0.25, 0.3) is 0 Å². The fraction of sp³-hybridized carbons (Fsp3) is 0.350. The molecule has 1 aromatic heterocycles. The molecule has 0 fully saturated rings. The van der Waals surface area contributed by atoms with Gasteiger partial charge in [-0.25, -0.2) is 4.79 Å². The fourth-order valence-corrected chi connectivity index (χ4v) is 4.90. The number of carbonyl (C=O) groups is 2. The molecule has 2 aromatic rings. The molecular weight excluding hydrogens is 348 g/mol. The van der Waals surface area contributed by atoms with Crippen LogP contribution in [0.5, 0.6) is 0 Å². The zero-order valence-electron chi connectivity index (χ0n) is 14.4. The van der Waals surface area contributed by atoms with Gasteiger partial charge in [0.2, 0.25) is 0 Å². The van der Waals surface area contributed by atoms with Gasteiger partial charge in [0.05, 0.1) is 11.1 Å². The van der Waals surface area contributed by atoms with E-state index in [4.69, 9.17) is 4.74 Å². The van der Waals surface area contributed by atoms with Gasteiger partial charge >= 0.3 is 5.97 Å². The molecular formula is C20H18N2O3S. The molecule has 1 aliphatic carbocycles. The minimum atomic E-state index is -1.29. The van der Waals surface area contributed by atoms with Crippen molar-refractivity contribution in [2.75, 3.05) is 5.32 Å². The predicted molar refractivity (Wildman–Crippen MR) is 98.3 cm³/mol. The average molecular weight is 366 g/mol. The Morgan fingerprint density at radius 3 is 2.88 bits per heavy atom. The lowest BCUT2D eigenvalue weighted by molar-refractivity contribution is -0.134. The van der Waals surface area contributed by atoms with E-state index in [1.807, 2.05) is 12.1 Å². The van der Waals surface area contributed by atoms with Gasteiger partial charge < -0.3 is 10.1 Å². The van der Waals surface area contributed by atoms with Gasteiger partial charge in [-0.3, -0.25) is 4.79 Å². The molecule has 0 radical (unpaired) electrons. The topological polar surface area (TPSA) is 79.2 Å². The summed E-state index contributed by atoms with van der Waals surface area (Å²) in [6, 6.07) is 9.40. The van der Waals surface area contributed by atoms with Gasteiger partial charge in [-0.15, -0.1) is 11.3 Å². The molecule has 1 aliphatic heterocycles. The first-order valence-corrected chi connectivity index (χ1v) is 9.51. The van der Waals surface area contributed by atoms with Crippen LogP contribution in [0.3, 0.4) is 0 Å². The standard InChI is InChI=1S/C20H18N2O3S/c1-20(10-12-6-2-3-7-13(12)18(23)25-20)19(24)22-17-15(11-21)14-8-4-5-9-16(14)26-17/h2-3,6-7H,4-5,8-10H2,1H3,(H,22,24)/t20-/m0/s1. The zero-order chi connectivity index (χ0) is 18.3. The van der Waals surface area contributed by atoms with Crippen LogP contribution in [0.15, 0.2) is 24.3 Å². The number of thiophene rings is 1. The lowest BCUT2D eigenvalue weighted by Gasteiger charge is -2.32. The molecule has 1 atom stereocenters. The van der Waals surface area contributed by atoms with E-state index in [1.165, 1.54) is 16.2 Å². The van der Waals surface area contributed by atoms with Crippen molar-refractivity contribution in [3.05, 3.63) is 51.4 Å². The molecule has 0 unspecified atom stereocenters. The number of aryl methyl sites for hydroxylation is 1. The van der Waals surface area contributed by atoms with E-state index in [-0.39, 0.29) is 0 Å². The molecule has 0 bridgehead atoms. The van der Waals surface area contributed by atoms with Crippen molar-refractivity contribution in [1.29, 1.82) is 5.26 Å². The molecule has 132 valence electrons. The van der Waals surface area contributed by atoms with Crippen LogP contribution in [0.4, 0.5) is 5.00 Å². The number of ether oxygens (including phenoxy) is 1. The number of esters is 1. The Kier molecular flexibility index (Phi) is 4.04. The van der Waals surface area contributed by atoms with Crippen molar-refractivity contribution >= 4 is 28.2 Å². The van der Waals surface area contributed by atoms with Crippen LogP contribution < -0.4 is 5.32 Å². The molecule has 0 saturated carbocycles. The highest BCUT2D eigenvalue weighted by Crippen LogP contribution is 2.38. The van der Waals surface area contributed by atoms with E-state index < -0.39 is 17.5 Å². The molecule has 2 heterocycles. The number of amides is 1. The van der Waals surface area contributed by atoms with Gasteiger partial charge in [0.25, 0.3) is 5.91 Å². The van der Waals surface area contributed by atoms with Crippen LogP contribution in [-0.4, -0.2) is 17.5 Å². The van der Waals surface area contributed by atoms with E-state index in [9.17, 15) is 14.9 Å². The van der Waals surface area contributed by atoms with Gasteiger partial charge in [0, 0.05) is 11.3 Å². The number of anilines is 1. The normalized spacial score (nSPS) is 21.2. The summed E-state index contributed by atoms with van der Waals surface area (Å²) in [7, 11) is 0. The minimum absolute atomic E-state index is 0.313. The second-order valence-corrected chi connectivity index (χ2v) is 8.04. The van der Waals surface area contributed by atoms with Gasteiger partial charge in [0.1, 0.15) is 11.1 Å². The summed E-state index contributed by atoms with van der Waals surface area (Å²) in [4.78, 5) is 26.4. The highest BCUT2D eigenvalue weighted by Gasteiger charge is 2.43. The number of rotatable bonds is 2. The zero-order valence-corrected chi connectivity index (χ0v) is 15.2. The largest absolute Gasteiger partial charge is 0.445 e. The molecule has 1 N–H and O–H groups in total. The Bertz CT molecular complexity index is 956. The summed E-state index contributed by atoms with van der Waals surface area (Å²) in [6.07, 6.45) is 4.32. The maximum atomic E-state index is 12.9. The quantitative estimate of drug-likeness (QED) is 0.824. The molecule has 0 saturated heterocycles. The van der Waals surface area contributed by atoms with Gasteiger partial charge in [-0.1, -0.05) is 18.2 Å². The summed E-state index contributed by atoms with van der Waals surface area (Å²) < 4.78 is 5.48. The van der Waals surface area contributed by atoms with E-state index in [0.29, 0.717) is 22.5 Å². The van der Waals surface area contributed by atoms with Crippen LogP contribution in [0.2, 0.25) is 0 Å². The lowest BCUT2D eigenvalue weighted by Crippen LogP contribution is -2.48. The number of carbonyl (C=O) groups excluding carboxylic acids is 2. The summed E-state index contributed by atoms with van der Waals surface area (Å²) in [6.45, 7) is 1.62. The van der Waals surface area contributed by atoms with Crippen molar-refractivity contribution in [1.82, 2.24) is 0 Å². The number of nitrogens with one attached hydrogen (secondary N) is 1. The van der Waals surface area contributed by atoms with Crippen LogP contribution in [0, 0.1) is 11.3 Å². The minimum Gasteiger partial charge on any atom is -0.445 e. The van der Waals surface area contributed by atoms with E-state index in [1.54, 1.807) is 19.1 Å². The van der Waals surface area contributed by atoms with Crippen LogP contribution in [0.1, 0.15) is 51.7 Å². The monoisotopic (exact) mass is 366 g/mol. The predicted octanol–water partition coefficient (Wildman–Crippen LogP) is 3.61. The van der Waals surface area contributed by atoms with Crippen LogP contribution >= 0.6 is 11.3 Å². The Morgan fingerprint density at radius 2 is 2.08 bits per heavy atom. The van der Waals surface area contributed by atoms with Crippen molar-refractivity contribution in [3.63, 3.8) is 0 Å². The first kappa shape index (κ1) is 16.8. The molecule has 6 heteroatoms. The average Bonchev–Trinajstić information content (AvgIpc) is 2.98. The molecule has 0 spiro atoms. The maximum absolute atomic E-state index is 12.9. The highest BCUT2D eigenvalue weighted by atomic mass is 32.1. The smallest absolute Gasteiger partial charge is 0.339 e. The van der Waals surface area contributed by atoms with Gasteiger partial charge in [-0.2, -0.15) is 5.26 Å². The van der Waals surface area contributed by atoms with Gasteiger partial charge in [-0.05, 0) is 49.8 Å². The fourth-order valence-electron chi connectivity index (χ4n) is 3.67. The highest BCUT2D eigenvalue weighted by molar-refractivity contribution is 7.16. The number of cyclic esters (lactones) is 1. The second-order valence-electron chi connectivity index (χ2n) is 6.94. The number of hydrogen-bond donors (Lipinski definition) is 1. The van der Waals surface area contributed by atoms with Crippen molar-refractivity contribution in [3.8, 4) is 6.07 Å². The third-order valence-corrected chi connectivity index (χ3v) is 6.28. The molecule has 1 aromatic carbocycles. The van der Waals surface area contributed by atoms with Crippen molar-refractivity contribution in [2.45, 2.75) is 44.6 Å². The van der Waals surface area contributed by atoms with E-state index in [2.05, 4.69) is 11.4 Å². The Labute approximate surface area is 155 Å². The first-order valence-electron chi connectivity index (χ1n) is 8.69. The Hall–Kier alpha value is -2.65. The van der Waals surface area contributed by atoms with Crippen molar-refractivity contribution < 1.29 is 14.3 Å². The SMILES string of the molecule is C[C@@]1(C(=O)Nc2sc3c(c2C#N)CCCC3)Cc2ccccc2C(=O)O1. The molecule has 5 nitrogen and oxygen atoms in total. The number of benzene rings is 1. The van der Waals surface area contributed by atoms with E-state index in [0.717, 1.165) is 36.8 Å². The molecule has 2 aliphatic rings. The lowest BCUT2D eigenvalue weighted by atomic mass is 9.89. The third-order valence-electron chi connectivity index (χ3n) is 5.07. The first-order chi connectivity index (χ1) is 12.5. The summed E-state index contributed by atoms with van der Waals surface area (Å²) >= 11 is 1.47. The number of fused-ring (bicyclic) bond motifs is 2. The maximum Gasteiger partial charge on any atom is 0.339 e. The van der Waals surface area contributed by atoms with Crippen molar-refractivity contribution in [2.24, 2.45) is 0 Å². The Morgan fingerprint density at radius 1 is 1.31 bits per heavy atom. The van der Waals surface area contributed by atoms with Gasteiger partial charge in [0.15, 0.2) is 5.60 Å². The number of hydrogen-bond acceptors (Lipinski definition) is 5. The Balaban J connectivity index is 1.62. The third kappa shape index (κ3) is 2.69. The van der Waals surface area contributed by atoms with E-state index >= 15 is 0 Å². The summed E-state index contributed by atoms with van der Waals surface area (Å²) in [5, 5.41) is 13.0. The molecule has 4 rings (SSSR count). The molecule has 1 amide bonds. The number of nitriles is 1. The summed E-state index contributed by atoms with van der Waals surface area (Å²) in [5.74, 6) is -0.883. The summed E-state index contributed by atoms with van der Waals surface area (Å²) in [5.41, 5.74) is 1.64.